The summed E-state index contributed by atoms with van der Waals surface area (Å²) in [6.07, 6.45) is 0.797. The van der Waals surface area contributed by atoms with Crippen LogP contribution in [-0.4, -0.2) is 28.5 Å². The molecule has 0 saturated carbocycles. The van der Waals surface area contributed by atoms with Crippen molar-refractivity contribution in [2.45, 2.75) is 30.4 Å². The minimum absolute atomic E-state index is 0.000450. The van der Waals surface area contributed by atoms with Crippen molar-refractivity contribution in [3.63, 3.8) is 0 Å². The predicted molar refractivity (Wildman–Crippen MR) is 106 cm³/mol. The zero-order chi connectivity index (χ0) is 19.8. The lowest BCUT2D eigenvalue weighted by atomic mass is 10.1. The van der Waals surface area contributed by atoms with Crippen LogP contribution in [0.4, 0.5) is 11.4 Å². The molecule has 2 amide bonds. The van der Waals surface area contributed by atoms with Crippen LogP contribution in [0.2, 0.25) is 0 Å². The third kappa shape index (κ3) is 6.10. The molecule has 0 saturated heterocycles. The van der Waals surface area contributed by atoms with E-state index in [1.165, 1.54) is 23.9 Å². The van der Waals surface area contributed by atoms with Crippen molar-refractivity contribution in [1.82, 2.24) is 5.32 Å². The molecule has 0 aliphatic rings. The van der Waals surface area contributed by atoms with Crippen LogP contribution in [0, 0.1) is 10.1 Å². The summed E-state index contributed by atoms with van der Waals surface area (Å²) in [5, 5.41) is 15.6. The highest BCUT2D eigenvalue weighted by molar-refractivity contribution is 8.00. The van der Waals surface area contributed by atoms with Gasteiger partial charge >= 0.3 is 0 Å². The SMILES string of the molecule is CCc1ccccc1NC(=O)CNC(=O)C(C)Sc1ccc([N+](=O)[O-])cc1. The van der Waals surface area contributed by atoms with Gasteiger partial charge in [0.1, 0.15) is 0 Å². The molecule has 2 aromatic carbocycles. The number of thioether (sulfide) groups is 1. The molecule has 0 spiro atoms. The van der Waals surface area contributed by atoms with Gasteiger partial charge in [0.25, 0.3) is 5.69 Å². The number of carbonyl (C=O) groups is 2. The molecule has 0 fully saturated rings. The Hall–Kier alpha value is -2.87. The second-order valence-electron chi connectivity index (χ2n) is 5.79. The molecule has 1 atom stereocenters. The van der Waals surface area contributed by atoms with E-state index in [1.807, 2.05) is 31.2 Å². The van der Waals surface area contributed by atoms with Crippen molar-refractivity contribution in [3.05, 3.63) is 64.2 Å². The zero-order valence-corrected chi connectivity index (χ0v) is 15.9. The van der Waals surface area contributed by atoms with Crippen LogP contribution in [-0.2, 0) is 16.0 Å². The Morgan fingerprint density at radius 1 is 1.15 bits per heavy atom. The van der Waals surface area contributed by atoms with E-state index in [9.17, 15) is 19.7 Å². The highest BCUT2D eigenvalue weighted by atomic mass is 32.2. The molecule has 0 radical (unpaired) electrons. The summed E-state index contributed by atoms with van der Waals surface area (Å²) in [6.45, 7) is 3.59. The molecule has 1 unspecified atom stereocenters. The number of non-ortho nitro benzene ring substituents is 1. The van der Waals surface area contributed by atoms with Gasteiger partial charge in [-0.1, -0.05) is 25.1 Å². The molecular weight excluding hydrogens is 366 g/mol. The monoisotopic (exact) mass is 387 g/mol. The number of anilines is 1. The first-order valence-corrected chi connectivity index (χ1v) is 9.35. The number of nitro groups is 1. The Morgan fingerprint density at radius 2 is 1.81 bits per heavy atom. The van der Waals surface area contributed by atoms with Gasteiger partial charge in [-0.25, -0.2) is 0 Å². The number of rotatable bonds is 8. The Kier molecular flexibility index (Phi) is 7.36. The van der Waals surface area contributed by atoms with Crippen molar-refractivity contribution < 1.29 is 14.5 Å². The third-order valence-corrected chi connectivity index (χ3v) is 4.94. The lowest BCUT2D eigenvalue weighted by Crippen LogP contribution is -2.37. The average Bonchev–Trinajstić information content (AvgIpc) is 2.66. The normalized spacial score (nSPS) is 11.5. The maximum Gasteiger partial charge on any atom is 0.269 e. The number of para-hydroxylation sites is 1. The first-order chi connectivity index (χ1) is 12.9. The quantitative estimate of drug-likeness (QED) is 0.411. The van der Waals surface area contributed by atoms with Gasteiger partial charge < -0.3 is 10.6 Å². The number of hydrogen-bond acceptors (Lipinski definition) is 5. The molecule has 2 N–H and O–H groups in total. The minimum atomic E-state index is -0.472. The van der Waals surface area contributed by atoms with Crippen LogP contribution >= 0.6 is 11.8 Å². The van der Waals surface area contributed by atoms with Gasteiger partial charge in [-0.05, 0) is 37.1 Å². The number of nitro benzene ring substituents is 1. The molecular formula is C19H21N3O4S. The van der Waals surface area contributed by atoms with Crippen molar-refractivity contribution in [2.75, 3.05) is 11.9 Å². The molecule has 27 heavy (non-hydrogen) atoms. The van der Waals surface area contributed by atoms with Crippen molar-refractivity contribution >= 4 is 35.0 Å². The zero-order valence-electron chi connectivity index (χ0n) is 15.1. The van der Waals surface area contributed by atoms with E-state index >= 15 is 0 Å². The summed E-state index contributed by atoms with van der Waals surface area (Å²) < 4.78 is 0. The van der Waals surface area contributed by atoms with Crippen molar-refractivity contribution in [2.24, 2.45) is 0 Å². The molecule has 8 heteroatoms. The van der Waals surface area contributed by atoms with Crippen LogP contribution in [0.15, 0.2) is 53.4 Å². The van der Waals surface area contributed by atoms with Gasteiger partial charge in [0.05, 0.1) is 16.7 Å². The summed E-state index contributed by atoms with van der Waals surface area (Å²) in [5.41, 5.74) is 1.77. The second kappa shape index (κ2) is 9.72. The van der Waals surface area contributed by atoms with Gasteiger partial charge in [0, 0.05) is 22.7 Å². The molecule has 0 heterocycles. The Bertz CT molecular complexity index is 824. The van der Waals surface area contributed by atoms with Crippen molar-refractivity contribution in [3.8, 4) is 0 Å². The molecule has 0 aliphatic carbocycles. The first-order valence-electron chi connectivity index (χ1n) is 8.47. The molecule has 2 rings (SSSR count). The highest BCUT2D eigenvalue weighted by Crippen LogP contribution is 2.25. The van der Waals surface area contributed by atoms with E-state index in [4.69, 9.17) is 0 Å². The van der Waals surface area contributed by atoms with Gasteiger partial charge in [-0.3, -0.25) is 19.7 Å². The van der Waals surface area contributed by atoms with Crippen LogP contribution in [0.1, 0.15) is 19.4 Å². The van der Waals surface area contributed by atoms with E-state index in [2.05, 4.69) is 10.6 Å². The van der Waals surface area contributed by atoms with E-state index < -0.39 is 10.2 Å². The van der Waals surface area contributed by atoms with Crippen LogP contribution in [0.5, 0.6) is 0 Å². The molecule has 0 aromatic heterocycles. The number of aryl methyl sites for hydroxylation is 1. The Morgan fingerprint density at radius 3 is 2.44 bits per heavy atom. The smallest absolute Gasteiger partial charge is 0.269 e. The van der Waals surface area contributed by atoms with Crippen molar-refractivity contribution in [1.29, 1.82) is 0 Å². The number of nitrogens with one attached hydrogen (secondary N) is 2. The standard InChI is InChI=1S/C19H21N3O4S/c1-3-14-6-4-5-7-17(14)21-18(23)12-20-19(24)13(2)27-16-10-8-15(9-11-16)22(25)26/h4-11,13H,3,12H2,1-2H3,(H,20,24)(H,21,23). The van der Waals surface area contributed by atoms with E-state index in [0.717, 1.165) is 22.6 Å². The maximum atomic E-state index is 12.2. The number of nitrogens with zero attached hydrogens (tertiary/aromatic N) is 1. The topological polar surface area (TPSA) is 101 Å². The number of amides is 2. The Labute approximate surface area is 161 Å². The fourth-order valence-corrected chi connectivity index (χ4v) is 3.25. The average molecular weight is 387 g/mol. The van der Waals surface area contributed by atoms with Gasteiger partial charge in [-0.15, -0.1) is 11.8 Å². The van der Waals surface area contributed by atoms with E-state index in [0.29, 0.717) is 0 Å². The number of benzene rings is 2. The molecule has 7 nitrogen and oxygen atoms in total. The minimum Gasteiger partial charge on any atom is -0.346 e. The predicted octanol–water partition coefficient (Wildman–Crippen LogP) is 3.39. The summed E-state index contributed by atoms with van der Waals surface area (Å²) in [6, 6.07) is 13.5. The molecule has 142 valence electrons. The Balaban J connectivity index is 1.83. The molecule has 0 bridgehead atoms. The summed E-state index contributed by atoms with van der Waals surface area (Å²) in [7, 11) is 0. The second-order valence-corrected chi connectivity index (χ2v) is 7.20. The molecule has 2 aromatic rings. The lowest BCUT2D eigenvalue weighted by molar-refractivity contribution is -0.384. The summed E-state index contributed by atoms with van der Waals surface area (Å²) >= 11 is 1.27. The largest absolute Gasteiger partial charge is 0.346 e. The third-order valence-electron chi connectivity index (χ3n) is 3.83. The van der Waals surface area contributed by atoms with Crippen LogP contribution in [0.3, 0.4) is 0 Å². The summed E-state index contributed by atoms with van der Waals surface area (Å²) in [5.74, 6) is -0.575. The maximum absolute atomic E-state index is 12.2. The highest BCUT2D eigenvalue weighted by Gasteiger charge is 2.16. The van der Waals surface area contributed by atoms with Gasteiger partial charge in [-0.2, -0.15) is 0 Å². The lowest BCUT2D eigenvalue weighted by Gasteiger charge is -2.13. The van der Waals surface area contributed by atoms with Gasteiger partial charge in [0.2, 0.25) is 11.8 Å². The van der Waals surface area contributed by atoms with Crippen LogP contribution in [0.25, 0.3) is 0 Å². The van der Waals surface area contributed by atoms with Crippen LogP contribution < -0.4 is 10.6 Å². The molecule has 0 aliphatic heterocycles. The number of hydrogen-bond donors (Lipinski definition) is 2. The van der Waals surface area contributed by atoms with E-state index in [-0.39, 0.29) is 24.0 Å². The number of carbonyl (C=O) groups excluding carboxylic acids is 2. The van der Waals surface area contributed by atoms with Gasteiger partial charge in [0.15, 0.2) is 0 Å². The summed E-state index contributed by atoms with van der Waals surface area (Å²) in [4.78, 5) is 35.2. The first kappa shape index (κ1) is 20.4. The van der Waals surface area contributed by atoms with E-state index in [1.54, 1.807) is 19.1 Å². The fraction of sp³-hybridized carbons (Fsp3) is 0.263. The fourth-order valence-electron chi connectivity index (χ4n) is 2.36.